The fourth-order valence-electron chi connectivity index (χ4n) is 1.46. The summed E-state index contributed by atoms with van der Waals surface area (Å²) in [7, 11) is 3.42. The predicted octanol–water partition coefficient (Wildman–Crippen LogP) is 0.418. The first-order valence-corrected chi connectivity index (χ1v) is 6.12. The molecule has 21 heavy (non-hydrogen) atoms. The van der Waals surface area contributed by atoms with E-state index in [1.165, 1.54) is 20.8 Å². The Hall–Kier alpha value is -2.71. The van der Waals surface area contributed by atoms with E-state index in [-0.39, 0.29) is 41.0 Å². The average Bonchev–Trinajstić information content (AvgIpc) is 2.30. The second kappa shape index (κ2) is 6.64. The molecule has 0 spiro atoms. The maximum absolute atomic E-state index is 11.3. The first kappa shape index (κ1) is 16.3. The zero-order valence-electron chi connectivity index (χ0n) is 12.6. The number of nitrogens with zero attached hydrogens (tertiary/aromatic N) is 3. The van der Waals surface area contributed by atoms with Crippen LogP contribution >= 0.6 is 0 Å². The summed E-state index contributed by atoms with van der Waals surface area (Å²) in [6, 6.07) is 0. The van der Waals surface area contributed by atoms with Gasteiger partial charge in [0.15, 0.2) is 11.6 Å². The molecule has 0 radical (unpaired) electrons. The van der Waals surface area contributed by atoms with Crippen LogP contribution in [-0.4, -0.2) is 41.8 Å². The van der Waals surface area contributed by atoms with E-state index in [0.717, 1.165) is 0 Å². The fourth-order valence-corrected chi connectivity index (χ4v) is 1.46. The van der Waals surface area contributed by atoms with Gasteiger partial charge in [-0.2, -0.15) is 9.97 Å². The van der Waals surface area contributed by atoms with Gasteiger partial charge in [0, 0.05) is 34.9 Å². The van der Waals surface area contributed by atoms with Crippen LogP contribution in [-0.2, 0) is 14.4 Å². The molecule has 1 aromatic rings. The monoisotopic (exact) mass is 294 g/mol. The number of rotatable bonds is 4. The van der Waals surface area contributed by atoms with Crippen molar-refractivity contribution in [3.63, 3.8) is 0 Å². The Labute approximate surface area is 122 Å². The van der Waals surface area contributed by atoms with Crippen molar-refractivity contribution in [2.24, 2.45) is 0 Å². The van der Waals surface area contributed by atoms with Crippen LogP contribution in [0.4, 0.5) is 23.3 Å². The largest absolute Gasteiger partial charge is 0.347 e. The van der Waals surface area contributed by atoms with Gasteiger partial charge in [-0.15, -0.1) is 0 Å². The van der Waals surface area contributed by atoms with Crippen LogP contribution in [0.5, 0.6) is 0 Å². The van der Waals surface area contributed by atoms with E-state index in [1.807, 2.05) is 0 Å². The fraction of sp³-hybridized carbons (Fsp3) is 0.417. The van der Waals surface area contributed by atoms with E-state index in [2.05, 4.69) is 25.9 Å². The smallest absolute Gasteiger partial charge is 0.228 e. The molecule has 3 N–H and O–H groups in total. The second-order valence-corrected chi connectivity index (χ2v) is 4.53. The quantitative estimate of drug-likeness (QED) is 0.741. The van der Waals surface area contributed by atoms with Crippen molar-refractivity contribution in [2.45, 2.75) is 20.8 Å². The van der Waals surface area contributed by atoms with E-state index in [0.29, 0.717) is 0 Å². The van der Waals surface area contributed by atoms with E-state index in [9.17, 15) is 14.4 Å². The van der Waals surface area contributed by atoms with Gasteiger partial charge in [-0.3, -0.25) is 14.4 Å². The van der Waals surface area contributed by atoms with Crippen LogP contribution in [0.15, 0.2) is 0 Å². The Bertz CT molecular complexity index is 547. The number of hydrogen-bond donors (Lipinski definition) is 3. The number of anilines is 4. The Morgan fingerprint density at radius 1 is 0.810 bits per heavy atom. The zero-order valence-corrected chi connectivity index (χ0v) is 12.6. The predicted molar refractivity (Wildman–Crippen MR) is 79.3 cm³/mol. The van der Waals surface area contributed by atoms with Gasteiger partial charge in [-0.05, 0) is 0 Å². The molecule has 0 saturated heterocycles. The summed E-state index contributed by atoms with van der Waals surface area (Å²) < 4.78 is 0. The topological polar surface area (TPSA) is 116 Å². The summed E-state index contributed by atoms with van der Waals surface area (Å²) in [6.45, 7) is 3.93. The summed E-state index contributed by atoms with van der Waals surface area (Å²) in [5, 5.41) is 7.52. The normalized spacial score (nSPS) is 9.76. The number of aromatic nitrogens is 2. The maximum atomic E-state index is 11.3. The van der Waals surface area contributed by atoms with Crippen LogP contribution in [0.2, 0.25) is 0 Å². The minimum atomic E-state index is -0.380. The molecule has 114 valence electrons. The molecule has 1 aromatic heterocycles. The molecule has 0 aromatic carbocycles. The van der Waals surface area contributed by atoms with Crippen molar-refractivity contribution in [1.29, 1.82) is 0 Å². The summed E-state index contributed by atoms with van der Waals surface area (Å²) in [4.78, 5) is 43.8. The molecule has 0 fully saturated rings. The van der Waals surface area contributed by atoms with Crippen molar-refractivity contribution in [1.82, 2.24) is 9.97 Å². The van der Waals surface area contributed by atoms with Gasteiger partial charge in [-0.1, -0.05) is 0 Å². The van der Waals surface area contributed by atoms with E-state index < -0.39 is 0 Å². The highest BCUT2D eigenvalue weighted by Gasteiger charge is 2.18. The minimum Gasteiger partial charge on any atom is -0.347 e. The molecule has 9 nitrogen and oxygen atoms in total. The molecule has 9 heteroatoms. The second-order valence-electron chi connectivity index (χ2n) is 4.53. The van der Waals surface area contributed by atoms with Crippen molar-refractivity contribution in [3.05, 3.63) is 0 Å². The molecule has 0 saturated carbocycles. The van der Waals surface area contributed by atoms with Crippen LogP contribution in [0, 0.1) is 0 Å². The van der Waals surface area contributed by atoms with Crippen molar-refractivity contribution >= 4 is 41.0 Å². The Morgan fingerprint density at radius 3 is 1.48 bits per heavy atom. The van der Waals surface area contributed by atoms with Gasteiger partial charge in [0.05, 0.1) is 0 Å². The minimum absolute atomic E-state index is 0.111. The highest BCUT2D eigenvalue weighted by atomic mass is 16.2. The van der Waals surface area contributed by atoms with Crippen molar-refractivity contribution < 1.29 is 14.4 Å². The maximum Gasteiger partial charge on any atom is 0.228 e. The molecule has 0 atom stereocenters. The van der Waals surface area contributed by atoms with E-state index in [1.54, 1.807) is 19.0 Å². The van der Waals surface area contributed by atoms with Gasteiger partial charge >= 0.3 is 0 Å². The van der Waals surface area contributed by atoms with Crippen LogP contribution in [0.1, 0.15) is 20.8 Å². The lowest BCUT2D eigenvalue weighted by Gasteiger charge is -2.18. The van der Waals surface area contributed by atoms with Crippen LogP contribution in [0.25, 0.3) is 0 Å². The molecule has 1 heterocycles. The summed E-state index contributed by atoms with van der Waals surface area (Å²) in [5.74, 6) is -0.608. The van der Waals surface area contributed by atoms with Crippen molar-refractivity contribution in [3.8, 4) is 0 Å². The lowest BCUT2D eigenvalue weighted by atomic mass is 10.3. The summed E-state index contributed by atoms with van der Waals surface area (Å²) >= 11 is 0. The van der Waals surface area contributed by atoms with Gasteiger partial charge in [0.1, 0.15) is 5.69 Å². The highest BCUT2D eigenvalue weighted by Crippen LogP contribution is 2.29. The number of carbonyl (C=O) groups excluding carboxylic acids is 3. The number of nitrogens with one attached hydrogen (secondary N) is 3. The summed E-state index contributed by atoms with van der Waals surface area (Å²) in [6.07, 6.45) is 0. The number of carbonyl (C=O) groups is 3. The SMILES string of the molecule is CC(=O)Nc1nc(N(C)C)nc(NC(C)=O)c1NC(C)=O. The highest BCUT2D eigenvalue weighted by molar-refractivity contribution is 6.03. The Morgan fingerprint density at radius 2 is 1.19 bits per heavy atom. The third kappa shape index (κ3) is 4.71. The van der Waals surface area contributed by atoms with Gasteiger partial charge < -0.3 is 20.9 Å². The first-order chi connectivity index (χ1) is 9.70. The molecule has 1 rings (SSSR count). The van der Waals surface area contributed by atoms with E-state index >= 15 is 0 Å². The van der Waals surface area contributed by atoms with Crippen molar-refractivity contribution in [2.75, 3.05) is 34.9 Å². The number of hydrogen-bond acceptors (Lipinski definition) is 6. The Kier molecular flexibility index (Phi) is 5.17. The lowest BCUT2D eigenvalue weighted by Crippen LogP contribution is -2.21. The third-order valence-corrected chi connectivity index (χ3v) is 2.19. The molecule has 0 bridgehead atoms. The molecular weight excluding hydrogens is 276 g/mol. The van der Waals surface area contributed by atoms with E-state index in [4.69, 9.17) is 0 Å². The van der Waals surface area contributed by atoms with Gasteiger partial charge in [0.25, 0.3) is 0 Å². The first-order valence-electron chi connectivity index (χ1n) is 6.12. The lowest BCUT2D eigenvalue weighted by molar-refractivity contribution is -0.115. The van der Waals surface area contributed by atoms with Gasteiger partial charge in [-0.25, -0.2) is 0 Å². The van der Waals surface area contributed by atoms with Crippen LogP contribution in [0.3, 0.4) is 0 Å². The molecule has 0 aliphatic heterocycles. The molecule has 3 amide bonds. The molecular formula is C12H18N6O3. The standard InChI is InChI=1S/C12H18N6O3/c1-6(19)13-9-10(14-7(2)20)16-12(18(4)5)17-11(9)15-8(3)21/h1-5H3,(H,13,19)(H2,14,15,16,17,20,21). The zero-order chi connectivity index (χ0) is 16.2. The van der Waals surface area contributed by atoms with Gasteiger partial charge in [0.2, 0.25) is 23.7 Å². The molecule has 0 aliphatic carbocycles. The molecule has 0 aliphatic rings. The summed E-state index contributed by atoms with van der Waals surface area (Å²) in [5.41, 5.74) is 0.138. The Balaban J connectivity index is 3.46. The number of amides is 3. The third-order valence-electron chi connectivity index (χ3n) is 2.19. The average molecular weight is 294 g/mol. The van der Waals surface area contributed by atoms with Crippen LogP contribution < -0.4 is 20.9 Å². The molecule has 0 unspecified atom stereocenters.